The first kappa shape index (κ1) is 37.8. The molecule has 0 heterocycles. The zero-order chi connectivity index (χ0) is 34.8. The number of nitrogens with zero attached hydrogens (tertiary/aromatic N) is 1. The van der Waals surface area contributed by atoms with Crippen LogP contribution in [0.4, 0.5) is 5.69 Å². The average Bonchev–Trinajstić information content (AvgIpc) is 3.08. The van der Waals surface area contributed by atoms with Gasteiger partial charge >= 0.3 is 0 Å². The van der Waals surface area contributed by atoms with Gasteiger partial charge in [0, 0.05) is 11.4 Å². The van der Waals surface area contributed by atoms with E-state index in [1.54, 1.807) is 0 Å². The van der Waals surface area contributed by atoms with Gasteiger partial charge in [0.05, 0.1) is 23.8 Å². The standard InChI is InChI=1S/C38H46N2O.C7H8/c1-7-9-13-29(3)14-10-11-22-38(21-8-2,41-28-32(6)40-37-24-30(4)23-31(5)25-37)36-19-17-34(18-20-36)35-16-12-15-33(26-35)27-39;1-7-5-3-2-4-6-7/h7,9,12-13,15-20,23-26,40H,6,8,10-11,14,21-22,28H2,1-5H3;2-6H,1H3/b9-7-,29-13+;. The van der Waals surface area contributed by atoms with Crippen molar-refractivity contribution >= 4 is 5.69 Å². The molecule has 250 valence electrons. The fourth-order valence-corrected chi connectivity index (χ4v) is 5.98. The van der Waals surface area contributed by atoms with E-state index in [0.29, 0.717) is 12.2 Å². The van der Waals surface area contributed by atoms with Crippen molar-refractivity contribution in [2.75, 3.05) is 11.9 Å². The van der Waals surface area contributed by atoms with Crippen LogP contribution in [0.3, 0.4) is 0 Å². The molecule has 48 heavy (non-hydrogen) atoms. The number of nitrogens with one attached hydrogen (secondary N) is 1. The SMILES string of the molecule is C=C(COC(CCC)(CCCC/C(C)=C/C=C\C)c1ccc(-c2cccc(C#N)c2)cc1)Nc1cc(C)cc(C)c1.Cc1ccccc1. The average molecular weight is 639 g/mol. The van der Waals surface area contributed by atoms with Crippen LogP contribution in [0.2, 0.25) is 0 Å². The Hall–Kier alpha value is -4.65. The summed E-state index contributed by atoms with van der Waals surface area (Å²) in [4.78, 5) is 0. The summed E-state index contributed by atoms with van der Waals surface area (Å²) in [6.07, 6.45) is 12.6. The molecule has 1 atom stereocenters. The number of benzene rings is 4. The minimum Gasteiger partial charge on any atom is -0.364 e. The van der Waals surface area contributed by atoms with Gasteiger partial charge in [0.1, 0.15) is 0 Å². The maximum atomic E-state index is 9.34. The number of hydrogen-bond donors (Lipinski definition) is 1. The molecule has 0 aliphatic carbocycles. The van der Waals surface area contributed by atoms with Crippen LogP contribution in [0.5, 0.6) is 0 Å². The van der Waals surface area contributed by atoms with Gasteiger partial charge in [-0.15, -0.1) is 0 Å². The van der Waals surface area contributed by atoms with E-state index in [2.05, 4.69) is 138 Å². The summed E-state index contributed by atoms with van der Waals surface area (Å²) < 4.78 is 6.87. The molecule has 0 fully saturated rings. The van der Waals surface area contributed by atoms with Crippen molar-refractivity contribution in [3.8, 4) is 17.2 Å². The molecule has 0 spiro atoms. The van der Waals surface area contributed by atoms with Gasteiger partial charge in [-0.25, -0.2) is 0 Å². The maximum Gasteiger partial charge on any atom is 0.0991 e. The first-order valence-electron chi connectivity index (χ1n) is 17.3. The number of anilines is 1. The number of allylic oxidation sites excluding steroid dienone is 4. The zero-order valence-corrected chi connectivity index (χ0v) is 30.0. The Kier molecular flexibility index (Phi) is 15.7. The van der Waals surface area contributed by atoms with Crippen LogP contribution in [0.15, 0.2) is 133 Å². The minimum atomic E-state index is -0.407. The van der Waals surface area contributed by atoms with Crippen LogP contribution in [-0.4, -0.2) is 6.61 Å². The van der Waals surface area contributed by atoms with E-state index in [4.69, 9.17) is 4.74 Å². The Bertz CT molecular complexity index is 1650. The summed E-state index contributed by atoms with van der Waals surface area (Å²) in [6, 6.07) is 35.5. The predicted octanol–water partition coefficient (Wildman–Crippen LogP) is 12.6. The van der Waals surface area contributed by atoms with E-state index in [-0.39, 0.29) is 0 Å². The van der Waals surface area contributed by atoms with Gasteiger partial charge in [0.2, 0.25) is 0 Å². The molecular formula is C45H54N2O. The largest absolute Gasteiger partial charge is 0.364 e. The van der Waals surface area contributed by atoms with Gasteiger partial charge in [-0.2, -0.15) is 5.26 Å². The number of hydrogen-bond acceptors (Lipinski definition) is 3. The lowest BCUT2D eigenvalue weighted by molar-refractivity contribution is -0.0543. The first-order chi connectivity index (χ1) is 23.2. The monoisotopic (exact) mass is 638 g/mol. The quantitative estimate of drug-likeness (QED) is 0.104. The van der Waals surface area contributed by atoms with Crippen molar-refractivity contribution in [3.05, 3.63) is 161 Å². The van der Waals surface area contributed by atoms with E-state index in [1.165, 1.54) is 27.8 Å². The number of aryl methyl sites for hydroxylation is 3. The fraction of sp³-hybridized carbons (Fsp3) is 0.311. The summed E-state index contributed by atoms with van der Waals surface area (Å²) in [7, 11) is 0. The van der Waals surface area contributed by atoms with Gasteiger partial charge < -0.3 is 10.1 Å². The molecule has 0 saturated heterocycles. The molecule has 0 aliphatic rings. The Labute approximate surface area is 290 Å². The molecule has 3 nitrogen and oxygen atoms in total. The van der Waals surface area contributed by atoms with Gasteiger partial charge in [-0.1, -0.05) is 122 Å². The highest BCUT2D eigenvalue weighted by Crippen LogP contribution is 2.38. The lowest BCUT2D eigenvalue weighted by Crippen LogP contribution is -2.31. The smallest absolute Gasteiger partial charge is 0.0991 e. The Morgan fingerprint density at radius 1 is 0.833 bits per heavy atom. The van der Waals surface area contributed by atoms with Gasteiger partial charge in [-0.3, -0.25) is 0 Å². The van der Waals surface area contributed by atoms with E-state index in [9.17, 15) is 5.26 Å². The van der Waals surface area contributed by atoms with Crippen molar-refractivity contribution in [1.82, 2.24) is 0 Å². The lowest BCUT2D eigenvalue weighted by Gasteiger charge is -2.35. The summed E-state index contributed by atoms with van der Waals surface area (Å²) in [5.74, 6) is 0. The number of ether oxygens (including phenoxy) is 1. The lowest BCUT2D eigenvalue weighted by atomic mass is 9.83. The summed E-state index contributed by atoms with van der Waals surface area (Å²) in [6.45, 7) is 17.5. The van der Waals surface area contributed by atoms with Gasteiger partial charge in [0.25, 0.3) is 0 Å². The highest BCUT2D eigenvalue weighted by atomic mass is 16.5. The van der Waals surface area contributed by atoms with Crippen LogP contribution in [0, 0.1) is 32.1 Å². The van der Waals surface area contributed by atoms with Crippen molar-refractivity contribution in [2.45, 2.75) is 85.7 Å². The molecule has 3 heteroatoms. The van der Waals surface area contributed by atoms with E-state index >= 15 is 0 Å². The second kappa shape index (κ2) is 19.9. The molecule has 0 aromatic heterocycles. The first-order valence-corrected chi connectivity index (χ1v) is 17.3. The van der Waals surface area contributed by atoms with Crippen molar-refractivity contribution in [1.29, 1.82) is 5.26 Å². The third kappa shape index (κ3) is 12.5. The highest BCUT2D eigenvalue weighted by molar-refractivity contribution is 5.65. The van der Waals surface area contributed by atoms with Crippen LogP contribution in [0.1, 0.15) is 87.1 Å². The third-order valence-corrected chi connectivity index (χ3v) is 8.37. The van der Waals surface area contributed by atoms with E-state index in [0.717, 1.165) is 61.0 Å². The fourth-order valence-electron chi connectivity index (χ4n) is 5.98. The maximum absolute atomic E-state index is 9.34. The topological polar surface area (TPSA) is 45.0 Å². The molecule has 4 aromatic rings. The summed E-state index contributed by atoms with van der Waals surface area (Å²) in [5, 5.41) is 12.8. The Morgan fingerprint density at radius 2 is 1.54 bits per heavy atom. The zero-order valence-electron chi connectivity index (χ0n) is 30.0. The Morgan fingerprint density at radius 3 is 2.15 bits per heavy atom. The molecule has 0 bridgehead atoms. The molecular weight excluding hydrogens is 585 g/mol. The molecule has 1 N–H and O–H groups in total. The summed E-state index contributed by atoms with van der Waals surface area (Å²) >= 11 is 0. The molecule has 0 amide bonds. The van der Waals surface area contributed by atoms with Crippen molar-refractivity contribution in [2.24, 2.45) is 0 Å². The predicted molar refractivity (Wildman–Crippen MR) is 206 cm³/mol. The Balaban J connectivity index is 0.000000789. The summed E-state index contributed by atoms with van der Waals surface area (Å²) in [5.41, 5.74) is 10.7. The van der Waals surface area contributed by atoms with Gasteiger partial charge in [0.15, 0.2) is 0 Å². The molecule has 0 radical (unpaired) electrons. The second-order valence-electron chi connectivity index (χ2n) is 12.8. The van der Waals surface area contributed by atoms with Gasteiger partial charge in [-0.05, 0) is 119 Å². The normalized spacial score (nSPS) is 12.5. The van der Waals surface area contributed by atoms with Crippen molar-refractivity contribution in [3.63, 3.8) is 0 Å². The molecule has 4 rings (SSSR count). The number of rotatable bonds is 15. The second-order valence-corrected chi connectivity index (χ2v) is 12.8. The molecule has 0 aliphatic heterocycles. The van der Waals surface area contributed by atoms with E-state index < -0.39 is 5.60 Å². The molecule has 0 saturated carbocycles. The number of unbranched alkanes of at least 4 members (excludes halogenated alkanes) is 1. The van der Waals surface area contributed by atoms with Crippen molar-refractivity contribution < 1.29 is 4.74 Å². The van der Waals surface area contributed by atoms with Crippen LogP contribution in [-0.2, 0) is 10.3 Å². The molecule has 1 unspecified atom stereocenters. The number of nitriles is 1. The van der Waals surface area contributed by atoms with E-state index in [1.807, 2.05) is 36.4 Å². The van der Waals surface area contributed by atoms with Crippen LogP contribution >= 0.6 is 0 Å². The van der Waals surface area contributed by atoms with Crippen LogP contribution in [0.25, 0.3) is 11.1 Å². The molecule has 4 aromatic carbocycles. The van der Waals surface area contributed by atoms with Crippen LogP contribution < -0.4 is 5.32 Å². The third-order valence-electron chi connectivity index (χ3n) is 8.37. The minimum absolute atomic E-state index is 0.407. The highest BCUT2D eigenvalue weighted by Gasteiger charge is 2.32.